The topological polar surface area (TPSA) is 44.5 Å². The van der Waals surface area contributed by atoms with Crippen LogP contribution in [0.2, 0.25) is 0 Å². The molecule has 2 N–H and O–H groups in total. The number of thiol groups is 1. The summed E-state index contributed by atoms with van der Waals surface area (Å²) < 4.78 is 0.906. The lowest BCUT2D eigenvalue weighted by Gasteiger charge is -2.02. The predicted molar refractivity (Wildman–Crippen MR) is 81.9 cm³/mol. The quantitative estimate of drug-likeness (QED) is 0.597. The minimum Gasteiger partial charge on any atom is -0.320 e. The summed E-state index contributed by atoms with van der Waals surface area (Å²) in [4.78, 5) is 9.96. The Bertz CT molecular complexity index is 640. The molecule has 0 unspecified atom stereocenters. The van der Waals surface area contributed by atoms with Gasteiger partial charge < -0.3 is 9.97 Å². The second-order valence-corrected chi connectivity index (χ2v) is 4.77. The van der Waals surface area contributed by atoms with Crippen LogP contribution in [0.4, 0.5) is 0 Å². The zero-order chi connectivity index (χ0) is 13.0. The Kier molecular flexibility index (Phi) is 4.46. The minimum absolute atomic E-state index is 0.406. The van der Waals surface area contributed by atoms with E-state index in [0.717, 1.165) is 17.0 Å². The van der Waals surface area contributed by atoms with Gasteiger partial charge in [0.25, 0.3) is 0 Å². The molecule has 0 aliphatic rings. The maximum atomic E-state index is 5.02. The standard InChI is InChI=1S/C12H11N3S3/c16-6-5-8-1-3-9(4-2-8)7-10-13-11(17)15-12(18)14-10/h1-6,16H,7H2,(H2,13,14,15,17,18). The monoisotopic (exact) mass is 293 g/mol. The van der Waals surface area contributed by atoms with Crippen LogP contribution >= 0.6 is 37.1 Å². The first-order chi connectivity index (χ1) is 8.67. The van der Waals surface area contributed by atoms with E-state index >= 15 is 0 Å². The molecular weight excluding hydrogens is 282 g/mol. The lowest BCUT2D eigenvalue weighted by molar-refractivity contribution is 0.892. The molecule has 0 saturated carbocycles. The Hall–Kier alpha value is -1.24. The minimum atomic E-state index is 0.406. The van der Waals surface area contributed by atoms with Crippen LogP contribution in [0, 0.1) is 9.54 Å². The fraction of sp³-hybridized carbons (Fsp3) is 0.0833. The normalized spacial score (nSPS) is 10.9. The second-order valence-electron chi connectivity index (χ2n) is 3.68. The van der Waals surface area contributed by atoms with Gasteiger partial charge in [0.1, 0.15) is 5.82 Å². The predicted octanol–water partition coefficient (Wildman–Crippen LogP) is 3.69. The molecule has 0 aliphatic carbocycles. The van der Waals surface area contributed by atoms with Gasteiger partial charge in [-0.05, 0) is 47.0 Å². The van der Waals surface area contributed by atoms with Gasteiger partial charge in [-0.2, -0.15) is 12.6 Å². The Morgan fingerprint density at radius 2 is 1.89 bits per heavy atom. The summed E-state index contributed by atoms with van der Waals surface area (Å²) in [6.07, 6.45) is 2.60. The molecule has 0 radical (unpaired) electrons. The molecular formula is C12H11N3S3. The number of rotatable bonds is 3. The van der Waals surface area contributed by atoms with Gasteiger partial charge >= 0.3 is 0 Å². The molecule has 1 heterocycles. The molecule has 92 valence electrons. The van der Waals surface area contributed by atoms with E-state index < -0.39 is 0 Å². The van der Waals surface area contributed by atoms with E-state index in [4.69, 9.17) is 24.4 Å². The van der Waals surface area contributed by atoms with Gasteiger partial charge in [0.15, 0.2) is 4.77 Å². The summed E-state index contributed by atoms with van der Waals surface area (Å²) in [5.41, 5.74) is 2.25. The average molecular weight is 293 g/mol. The smallest absolute Gasteiger partial charge is 0.200 e. The zero-order valence-corrected chi connectivity index (χ0v) is 11.9. The molecule has 0 amide bonds. The van der Waals surface area contributed by atoms with Crippen LogP contribution in [0.1, 0.15) is 17.0 Å². The molecule has 3 nitrogen and oxygen atoms in total. The number of H-pyrrole nitrogens is 2. The van der Waals surface area contributed by atoms with Crippen molar-refractivity contribution in [3.05, 3.63) is 56.2 Å². The van der Waals surface area contributed by atoms with E-state index in [1.807, 2.05) is 30.3 Å². The molecule has 0 bridgehead atoms. The second kappa shape index (κ2) is 6.08. The molecule has 0 spiro atoms. The lowest BCUT2D eigenvalue weighted by Crippen LogP contribution is -1.99. The van der Waals surface area contributed by atoms with Crippen LogP contribution < -0.4 is 0 Å². The molecule has 1 aromatic heterocycles. The highest BCUT2D eigenvalue weighted by atomic mass is 32.1. The van der Waals surface area contributed by atoms with Gasteiger partial charge in [-0.3, -0.25) is 0 Å². The average Bonchev–Trinajstić information content (AvgIpc) is 2.31. The molecule has 0 atom stereocenters. The van der Waals surface area contributed by atoms with E-state index in [-0.39, 0.29) is 0 Å². The van der Waals surface area contributed by atoms with Crippen molar-refractivity contribution in [2.45, 2.75) is 6.42 Å². The highest BCUT2D eigenvalue weighted by molar-refractivity contribution is 7.83. The SMILES string of the molecule is S=c1nc(Cc2ccc(C=CS)cc2)[nH]c(=S)[nH]1. The highest BCUT2D eigenvalue weighted by Crippen LogP contribution is 2.09. The van der Waals surface area contributed by atoms with Crippen molar-refractivity contribution in [3.8, 4) is 0 Å². The first kappa shape index (κ1) is 13.2. The Morgan fingerprint density at radius 3 is 2.50 bits per heavy atom. The van der Waals surface area contributed by atoms with Crippen molar-refractivity contribution in [2.75, 3.05) is 0 Å². The van der Waals surface area contributed by atoms with Crippen molar-refractivity contribution < 1.29 is 0 Å². The van der Waals surface area contributed by atoms with Crippen molar-refractivity contribution in [1.82, 2.24) is 15.0 Å². The van der Waals surface area contributed by atoms with Crippen LogP contribution in [0.15, 0.2) is 29.7 Å². The van der Waals surface area contributed by atoms with Gasteiger partial charge in [0, 0.05) is 6.42 Å². The fourth-order valence-electron chi connectivity index (χ4n) is 1.55. The van der Waals surface area contributed by atoms with E-state index in [1.165, 1.54) is 0 Å². The lowest BCUT2D eigenvalue weighted by atomic mass is 10.1. The number of nitrogens with one attached hydrogen (secondary N) is 2. The van der Waals surface area contributed by atoms with E-state index in [9.17, 15) is 0 Å². The molecule has 2 aromatic rings. The largest absolute Gasteiger partial charge is 0.320 e. The Morgan fingerprint density at radius 1 is 1.17 bits per heavy atom. The highest BCUT2D eigenvalue weighted by Gasteiger charge is 1.98. The third-order valence-corrected chi connectivity index (χ3v) is 2.88. The number of benzene rings is 1. The number of hydrogen-bond acceptors (Lipinski definition) is 4. The van der Waals surface area contributed by atoms with Gasteiger partial charge in [-0.1, -0.05) is 24.3 Å². The third-order valence-electron chi connectivity index (χ3n) is 2.33. The van der Waals surface area contributed by atoms with Crippen molar-refractivity contribution in [1.29, 1.82) is 0 Å². The zero-order valence-electron chi connectivity index (χ0n) is 9.38. The van der Waals surface area contributed by atoms with Crippen molar-refractivity contribution in [3.63, 3.8) is 0 Å². The molecule has 18 heavy (non-hydrogen) atoms. The molecule has 1 aromatic carbocycles. The van der Waals surface area contributed by atoms with Crippen LogP contribution in [0.5, 0.6) is 0 Å². The first-order valence-electron chi connectivity index (χ1n) is 5.26. The summed E-state index contributed by atoms with van der Waals surface area (Å²) in [7, 11) is 0. The van der Waals surface area contributed by atoms with Gasteiger partial charge in [-0.25, -0.2) is 4.98 Å². The van der Waals surface area contributed by atoms with Crippen LogP contribution in [0.3, 0.4) is 0 Å². The molecule has 0 aliphatic heterocycles. The van der Waals surface area contributed by atoms with Gasteiger partial charge in [-0.15, -0.1) is 0 Å². The summed E-state index contributed by atoms with van der Waals surface area (Å²) >= 11 is 14.0. The van der Waals surface area contributed by atoms with Crippen LogP contribution in [-0.2, 0) is 6.42 Å². The maximum Gasteiger partial charge on any atom is 0.200 e. The summed E-state index contributed by atoms with van der Waals surface area (Å²) in [6, 6.07) is 8.14. The fourth-order valence-corrected chi connectivity index (χ4v) is 2.21. The number of hydrogen-bond donors (Lipinski definition) is 3. The molecule has 6 heteroatoms. The number of aromatic amines is 2. The Balaban J connectivity index is 2.23. The van der Waals surface area contributed by atoms with Crippen molar-refractivity contribution >= 4 is 43.1 Å². The van der Waals surface area contributed by atoms with E-state index in [0.29, 0.717) is 16.0 Å². The van der Waals surface area contributed by atoms with Crippen LogP contribution in [0.25, 0.3) is 6.08 Å². The third kappa shape index (κ3) is 3.63. The maximum absolute atomic E-state index is 5.02. The summed E-state index contributed by atoms with van der Waals surface area (Å²) in [6.45, 7) is 0. The van der Waals surface area contributed by atoms with Gasteiger partial charge in [0.2, 0.25) is 4.77 Å². The molecule has 2 rings (SSSR count). The molecule has 0 fully saturated rings. The van der Waals surface area contributed by atoms with E-state index in [2.05, 4.69) is 27.6 Å². The van der Waals surface area contributed by atoms with Gasteiger partial charge in [0.05, 0.1) is 0 Å². The Labute approximate surface area is 120 Å². The first-order valence-corrected chi connectivity index (χ1v) is 6.60. The molecule has 0 saturated heterocycles. The van der Waals surface area contributed by atoms with Crippen LogP contribution in [-0.4, -0.2) is 15.0 Å². The summed E-state index contributed by atoms with van der Waals surface area (Å²) in [5, 5.41) is 1.71. The summed E-state index contributed by atoms with van der Waals surface area (Å²) in [5.74, 6) is 0.765. The number of aromatic nitrogens is 3. The van der Waals surface area contributed by atoms with Crippen molar-refractivity contribution in [2.24, 2.45) is 0 Å². The van der Waals surface area contributed by atoms with E-state index in [1.54, 1.807) is 5.41 Å². The number of nitrogens with zero attached hydrogens (tertiary/aromatic N) is 1.